The molecule has 2 aromatic rings. The van der Waals surface area contributed by atoms with Crippen LogP contribution in [0.5, 0.6) is 0 Å². The van der Waals surface area contributed by atoms with Crippen molar-refractivity contribution < 1.29 is 9.59 Å². The number of carbonyl (C=O) groups is 2. The second kappa shape index (κ2) is 5.92. The van der Waals surface area contributed by atoms with Gasteiger partial charge in [-0.2, -0.15) is 5.10 Å². The number of aromatic amines is 1. The number of hydrogen-bond donors (Lipinski definition) is 2. The Kier molecular flexibility index (Phi) is 3.98. The minimum atomic E-state index is -0.438. The molecule has 6 nitrogen and oxygen atoms in total. The summed E-state index contributed by atoms with van der Waals surface area (Å²) in [4.78, 5) is 27.7. The monoisotopic (exact) mass is 318 g/mol. The SMILES string of the molecule is CC(C)C1C(=O)NCCN1C(=O)c1cn[nH]c1-c1cccs1. The first-order chi connectivity index (χ1) is 10.6. The molecule has 22 heavy (non-hydrogen) atoms. The van der Waals surface area contributed by atoms with E-state index in [-0.39, 0.29) is 17.7 Å². The minimum absolute atomic E-state index is 0.0568. The van der Waals surface area contributed by atoms with Crippen molar-refractivity contribution >= 4 is 23.2 Å². The number of thiophene rings is 1. The molecule has 1 aliphatic rings. The number of amides is 2. The molecule has 0 bridgehead atoms. The third-order valence-corrected chi connectivity index (χ3v) is 4.67. The van der Waals surface area contributed by atoms with Crippen molar-refractivity contribution in [3.63, 3.8) is 0 Å². The van der Waals surface area contributed by atoms with E-state index in [9.17, 15) is 9.59 Å². The lowest BCUT2D eigenvalue weighted by Crippen LogP contribution is -2.59. The quantitative estimate of drug-likeness (QED) is 0.905. The summed E-state index contributed by atoms with van der Waals surface area (Å²) >= 11 is 1.55. The molecule has 1 fully saturated rings. The molecule has 1 unspecified atom stereocenters. The zero-order valence-electron chi connectivity index (χ0n) is 12.5. The van der Waals surface area contributed by atoms with E-state index in [0.717, 1.165) is 4.88 Å². The Morgan fingerprint density at radius 1 is 1.50 bits per heavy atom. The van der Waals surface area contributed by atoms with Gasteiger partial charge < -0.3 is 10.2 Å². The lowest BCUT2D eigenvalue weighted by molar-refractivity contribution is -0.129. The average molecular weight is 318 g/mol. The van der Waals surface area contributed by atoms with Gasteiger partial charge in [-0.3, -0.25) is 14.7 Å². The standard InChI is InChI=1S/C15H18N4O2S/c1-9(2)13-14(20)16-5-6-19(13)15(21)10-8-17-18-12(10)11-4-3-7-22-11/h3-4,7-9,13H,5-6H2,1-2H3,(H,16,20)(H,17,18). The second-order valence-corrected chi connectivity index (χ2v) is 6.56. The number of aromatic nitrogens is 2. The molecule has 3 rings (SSSR count). The largest absolute Gasteiger partial charge is 0.353 e. The van der Waals surface area contributed by atoms with Crippen molar-refractivity contribution in [2.75, 3.05) is 13.1 Å². The first-order valence-electron chi connectivity index (χ1n) is 7.25. The average Bonchev–Trinajstić information content (AvgIpc) is 3.16. The zero-order valence-corrected chi connectivity index (χ0v) is 13.3. The van der Waals surface area contributed by atoms with Crippen molar-refractivity contribution in [1.82, 2.24) is 20.4 Å². The Balaban J connectivity index is 1.94. The zero-order chi connectivity index (χ0) is 15.7. The van der Waals surface area contributed by atoms with Crippen molar-refractivity contribution in [2.45, 2.75) is 19.9 Å². The molecule has 0 aliphatic carbocycles. The van der Waals surface area contributed by atoms with Crippen molar-refractivity contribution in [3.8, 4) is 10.6 Å². The van der Waals surface area contributed by atoms with E-state index in [1.165, 1.54) is 0 Å². The van der Waals surface area contributed by atoms with Gasteiger partial charge in [0.1, 0.15) is 6.04 Å². The van der Waals surface area contributed by atoms with Gasteiger partial charge in [-0.15, -0.1) is 11.3 Å². The van der Waals surface area contributed by atoms with Crippen LogP contribution in [-0.4, -0.2) is 46.0 Å². The predicted molar refractivity (Wildman–Crippen MR) is 84.6 cm³/mol. The number of carbonyl (C=O) groups excluding carboxylic acids is 2. The van der Waals surface area contributed by atoms with Gasteiger partial charge in [0.15, 0.2) is 0 Å². The lowest BCUT2D eigenvalue weighted by Gasteiger charge is -2.37. The van der Waals surface area contributed by atoms with Crippen LogP contribution in [0.25, 0.3) is 10.6 Å². The topological polar surface area (TPSA) is 78.1 Å². The molecule has 1 aliphatic heterocycles. The first-order valence-corrected chi connectivity index (χ1v) is 8.13. The van der Waals surface area contributed by atoms with Crippen LogP contribution in [0.1, 0.15) is 24.2 Å². The molecule has 0 aromatic carbocycles. The summed E-state index contributed by atoms with van der Waals surface area (Å²) < 4.78 is 0. The van der Waals surface area contributed by atoms with Crippen LogP contribution in [0.2, 0.25) is 0 Å². The van der Waals surface area contributed by atoms with Gasteiger partial charge in [0.2, 0.25) is 5.91 Å². The van der Waals surface area contributed by atoms with Gasteiger partial charge in [-0.25, -0.2) is 0 Å². The number of nitrogens with one attached hydrogen (secondary N) is 2. The molecule has 3 heterocycles. The molecule has 0 spiro atoms. The summed E-state index contributed by atoms with van der Waals surface area (Å²) in [5.41, 5.74) is 1.23. The maximum Gasteiger partial charge on any atom is 0.258 e. The van der Waals surface area contributed by atoms with E-state index in [0.29, 0.717) is 24.3 Å². The summed E-state index contributed by atoms with van der Waals surface area (Å²) in [6, 6.07) is 3.44. The summed E-state index contributed by atoms with van der Waals surface area (Å²) in [6.07, 6.45) is 1.54. The summed E-state index contributed by atoms with van der Waals surface area (Å²) in [6.45, 7) is 4.90. The van der Waals surface area contributed by atoms with Gasteiger partial charge in [-0.1, -0.05) is 19.9 Å². The Labute approximate surface area is 132 Å². The molecule has 2 amide bonds. The van der Waals surface area contributed by atoms with Crippen LogP contribution in [-0.2, 0) is 4.79 Å². The van der Waals surface area contributed by atoms with Crippen LogP contribution in [0.4, 0.5) is 0 Å². The number of rotatable bonds is 3. The van der Waals surface area contributed by atoms with E-state index in [2.05, 4.69) is 15.5 Å². The van der Waals surface area contributed by atoms with E-state index in [4.69, 9.17) is 0 Å². The van der Waals surface area contributed by atoms with Gasteiger partial charge >= 0.3 is 0 Å². The van der Waals surface area contributed by atoms with Crippen molar-refractivity contribution in [3.05, 3.63) is 29.3 Å². The first kappa shape index (κ1) is 14.8. The molecule has 0 saturated carbocycles. The highest BCUT2D eigenvalue weighted by Crippen LogP contribution is 2.28. The summed E-state index contributed by atoms with van der Waals surface area (Å²) in [7, 11) is 0. The van der Waals surface area contributed by atoms with Gasteiger partial charge in [0.25, 0.3) is 5.91 Å². The Hall–Kier alpha value is -2.15. The lowest BCUT2D eigenvalue weighted by atomic mass is 9.98. The molecule has 0 radical (unpaired) electrons. The fraction of sp³-hybridized carbons (Fsp3) is 0.400. The molecule has 2 N–H and O–H groups in total. The third kappa shape index (κ3) is 2.52. The van der Waals surface area contributed by atoms with E-state index >= 15 is 0 Å². The highest BCUT2D eigenvalue weighted by Gasteiger charge is 2.36. The Morgan fingerprint density at radius 2 is 2.32 bits per heavy atom. The van der Waals surface area contributed by atoms with Crippen LogP contribution in [0.3, 0.4) is 0 Å². The molecule has 116 valence electrons. The predicted octanol–water partition coefficient (Wildman–Crippen LogP) is 1.73. The molecule has 2 aromatic heterocycles. The second-order valence-electron chi connectivity index (χ2n) is 5.61. The van der Waals surface area contributed by atoms with Crippen LogP contribution in [0.15, 0.2) is 23.7 Å². The van der Waals surface area contributed by atoms with Gasteiger partial charge in [0, 0.05) is 13.1 Å². The van der Waals surface area contributed by atoms with Crippen LogP contribution >= 0.6 is 11.3 Å². The Morgan fingerprint density at radius 3 is 3.00 bits per heavy atom. The molecule has 1 saturated heterocycles. The number of hydrogen-bond acceptors (Lipinski definition) is 4. The van der Waals surface area contributed by atoms with E-state index in [1.807, 2.05) is 31.4 Å². The fourth-order valence-electron chi connectivity index (χ4n) is 2.79. The maximum atomic E-state index is 12.9. The van der Waals surface area contributed by atoms with Gasteiger partial charge in [0.05, 0.1) is 22.3 Å². The minimum Gasteiger partial charge on any atom is -0.353 e. The third-order valence-electron chi connectivity index (χ3n) is 3.79. The summed E-state index contributed by atoms with van der Waals surface area (Å²) in [5.74, 6) is -0.178. The van der Waals surface area contributed by atoms with Gasteiger partial charge in [-0.05, 0) is 17.4 Å². The molecule has 7 heteroatoms. The highest BCUT2D eigenvalue weighted by atomic mass is 32.1. The maximum absolute atomic E-state index is 12.9. The van der Waals surface area contributed by atoms with E-state index in [1.54, 1.807) is 22.4 Å². The van der Waals surface area contributed by atoms with E-state index < -0.39 is 6.04 Å². The van der Waals surface area contributed by atoms with Crippen LogP contribution in [0, 0.1) is 5.92 Å². The number of piperazine rings is 1. The number of H-pyrrole nitrogens is 1. The normalized spacial score (nSPS) is 18.6. The summed E-state index contributed by atoms with van der Waals surface area (Å²) in [5, 5.41) is 11.7. The Bertz CT molecular complexity index is 678. The fourth-order valence-corrected chi connectivity index (χ4v) is 3.52. The molecular formula is C15H18N4O2S. The van der Waals surface area contributed by atoms with Crippen molar-refractivity contribution in [1.29, 1.82) is 0 Å². The smallest absolute Gasteiger partial charge is 0.258 e. The molecule has 1 atom stereocenters. The number of nitrogens with zero attached hydrogens (tertiary/aromatic N) is 2. The molecular weight excluding hydrogens is 300 g/mol. The van der Waals surface area contributed by atoms with Crippen LogP contribution < -0.4 is 5.32 Å². The highest BCUT2D eigenvalue weighted by molar-refractivity contribution is 7.13. The van der Waals surface area contributed by atoms with Crippen molar-refractivity contribution in [2.24, 2.45) is 5.92 Å².